The maximum Gasteiger partial charge on any atom is 0.261 e. The summed E-state index contributed by atoms with van der Waals surface area (Å²) in [5, 5.41) is 12.0. The number of anilines is 1. The fraction of sp³-hybridized carbons (Fsp3) is 0.150. The number of sulfonamides is 1. The SMILES string of the molecule is Cc1ccc(S(=O)(=O)Nc2cc(SC3=NCCS3)c(O)c3ccccc23)cc1. The Morgan fingerprint density at radius 1 is 1.11 bits per heavy atom. The number of nitrogens with one attached hydrogen (secondary N) is 1. The maximum atomic E-state index is 12.9. The summed E-state index contributed by atoms with van der Waals surface area (Å²) in [6.45, 7) is 2.67. The first kappa shape index (κ1) is 19.2. The van der Waals surface area contributed by atoms with Crippen molar-refractivity contribution < 1.29 is 13.5 Å². The minimum atomic E-state index is -3.75. The highest BCUT2D eigenvalue weighted by Gasteiger charge is 2.20. The van der Waals surface area contributed by atoms with Crippen LogP contribution in [0.2, 0.25) is 0 Å². The van der Waals surface area contributed by atoms with E-state index in [1.54, 1.807) is 54.2 Å². The zero-order valence-corrected chi connectivity index (χ0v) is 17.5. The van der Waals surface area contributed by atoms with Gasteiger partial charge in [-0.3, -0.25) is 9.71 Å². The number of phenolic OH excluding ortho intramolecular Hbond substituents is 1. The van der Waals surface area contributed by atoms with Gasteiger partial charge in [-0.15, -0.1) is 0 Å². The average molecular weight is 431 g/mol. The van der Waals surface area contributed by atoms with Crippen molar-refractivity contribution in [2.75, 3.05) is 17.0 Å². The number of hydrogen-bond donors (Lipinski definition) is 2. The minimum Gasteiger partial charge on any atom is -0.506 e. The van der Waals surface area contributed by atoms with E-state index in [4.69, 9.17) is 0 Å². The maximum absolute atomic E-state index is 12.9. The topological polar surface area (TPSA) is 78.8 Å². The van der Waals surface area contributed by atoms with Crippen LogP contribution in [0.5, 0.6) is 5.75 Å². The molecule has 144 valence electrons. The van der Waals surface area contributed by atoms with Crippen molar-refractivity contribution in [1.29, 1.82) is 0 Å². The van der Waals surface area contributed by atoms with Crippen LogP contribution in [0, 0.1) is 6.92 Å². The molecular formula is C20H18N2O3S3. The summed E-state index contributed by atoms with van der Waals surface area (Å²) in [6.07, 6.45) is 0. The molecule has 0 amide bonds. The first-order valence-corrected chi connectivity index (χ1v) is 11.9. The number of rotatable bonds is 4. The average Bonchev–Trinajstić information content (AvgIpc) is 3.19. The third-order valence-corrected chi connectivity index (χ3v) is 7.89. The first-order chi connectivity index (χ1) is 13.4. The van der Waals surface area contributed by atoms with Crippen LogP contribution in [0.4, 0.5) is 5.69 Å². The van der Waals surface area contributed by atoms with E-state index in [2.05, 4.69) is 9.71 Å². The Kier molecular flexibility index (Phi) is 5.27. The molecule has 1 aliphatic rings. The molecule has 0 saturated heterocycles. The Morgan fingerprint density at radius 3 is 2.50 bits per heavy atom. The molecule has 3 aromatic rings. The lowest BCUT2D eigenvalue weighted by molar-refractivity contribution is 0.469. The van der Waals surface area contributed by atoms with Crippen LogP contribution in [0.15, 0.2) is 69.4 Å². The van der Waals surface area contributed by atoms with Crippen molar-refractivity contribution in [2.24, 2.45) is 4.99 Å². The predicted octanol–water partition coefficient (Wildman–Crippen LogP) is 4.85. The molecule has 3 aromatic carbocycles. The Balaban J connectivity index is 1.79. The summed E-state index contributed by atoms with van der Waals surface area (Å²) in [4.78, 5) is 5.18. The van der Waals surface area contributed by atoms with Gasteiger partial charge < -0.3 is 5.11 Å². The normalized spacial score (nSPS) is 14.2. The number of fused-ring (bicyclic) bond motifs is 1. The summed E-state index contributed by atoms with van der Waals surface area (Å²) < 4.78 is 29.3. The van der Waals surface area contributed by atoms with E-state index in [0.717, 1.165) is 22.2 Å². The van der Waals surface area contributed by atoms with Gasteiger partial charge in [0.25, 0.3) is 10.0 Å². The number of thioether (sulfide) groups is 2. The number of nitrogens with zero attached hydrogens (tertiary/aromatic N) is 1. The first-order valence-electron chi connectivity index (χ1n) is 8.63. The third-order valence-electron chi connectivity index (χ3n) is 4.31. The van der Waals surface area contributed by atoms with Crippen LogP contribution in [-0.4, -0.2) is 30.2 Å². The Labute approximate surface area is 172 Å². The molecule has 0 saturated carbocycles. The molecule has 1 heterocycles. The number of aromatic hydroxyl groups is 1. The molecule has 8 heteroatoms. The van der Waals surface area contributed by atoms with E-state index in [0.29, 0.717) is 21.4 Å². The van der Waals surface area contributed by atoms with Crippen LogP contribution in [0.1, 0.15) is 5.56 Å². The summed E-state index contributed by atoms with van der Waals surface area (Å²) in [5.74, 6) is 1.05. The van der Waals surface area contributed by atoms with Gasteiger partial charge >= 0.3 is 0 Å². The van der Waals surface area contributed by atoms with Crippen LogP contribution < -0.4 is 4.72 Å². The van der Waals surface area contributed by atoms with Gasteiger partial charge in [0.1, 0.15) is 10.1 Å². The van der Waals surface area contributed by atoms with Gasteiger partial charge in [0.2, 0.25) is 0 Å². The molecule has 0 atom stereocenters. The summed E-state index contributed by atoms with van der Waals surface area (Å²) in [7, 11) is -3.75. The molecule has 0 aliphatic carbocycles. The molecule has 0 fully saturated rings. The van der Waals surface area contributed by atoms with Crippen LogP contribution in [-0.2, 0) is 10.0 Å². The van der Waals surface area contributed by atoms with Crippen molar-refractivity contribution in [2.45, 2.75) is 16.7 Å². The highest BCUT2D eigenvalue weighted by molar-refractivity contribution is 8.39. The van der Waals surface area contributed by atoms with Gasteiger partial charge in [0.15, 0.2) is 0 Å². The fourth-order valence-electron chi connectivity index (χ4n) is 2.89. The second kappa shape index (κ2) is 7.69. The molecule has 1 aliphatic heterocycles. The lowest BCUT2D eigenvalue weighted by atomic mass is 10.1. The molecule has 4 rings (SSSR count). The van der Waals surface area contributed by atoms with Gasteiger partial charge in [-0.2, -0.15) is 0 Å². The van der Waals surface area contributed by atoms with Gasteiger partial charge in [0.05, 0.1) is 22.0 Å². The highest BCUT2D eigenvalue weighted by atomic mass is 32.2. The molecule has 5 nitrogen and oxygen atoms in total. The number of phenols is 1. The van der Waals surface area contributed by atoms with Crippen molar-refractivity contribution in [1.82, 2.24) is 0 Å². The summed E-state index contributed by atoms with van der Waals surface area (Å²) in [6, 6.07) is 15.6. The molecule has 2 N–H and O–H groups in total. The Hall–Kier alpha value is -2.16. The largest absolute Gasteiger partial charge is 0.506 e. The second-order valence-electron chi connectivity index (χ2n) is 6.33. The van der Waals surface area contributed by atoms with Gasteiger partial charge in [0, 0.05) is 16.5 Å². The summed E-state index contributed by atoms with van der Waals surface area (Å²) in [5.41, 5.74) is 1.42. The number of aryl methyl sites for hydroxylation is 1. The van der Waals surface area contributed by atoms with E-state index in [1.165, 1.54) is 11.8 Å². The van der Waals surface area contributed by atoms with Crippen molar-refractivity contribution in [3.05, 3.63) is 60.2 Å². The fourth-order valence-corrected chi connectivity index (χ4v) is 5.98. The molecule has 0 radical (unpaired) electrons. The highest BCUT2D eigenvalue weighted by Crippen LogP contribution is 2.42. The molecule has 0 unspecified atom stereocenters. The van der Waals surface area contributed by atoms with Crippen LogP contribution in [0.3, 0.4) is 0 Å². The van der Waals surface area contributed by atoms with Gasteiger partial charge in [-0.25, -0.2) is 8.42 Å². The lowest BCUT2D eigenvalue weighted by Crippen LogP contribution is -2.13. The molecule has 0 bridgehead atoms. The molecule has 28 heavy (non-hydrogen) atoms. The predicted molar refractivity (Wildman–Crippen MR) is 118 cm³/mol. The summed E-state index contributed by atoms with van der Waals surface area (Å²) >= 11 is 2.99. The lowest BCUT2D eigenvalue weighted by Gasteiger charge is -2.15. The van der Waals surface area contributed by atoms with Gasteiger partial charge in [-0.1, -0.05) is 65.5 Å². The van der Waals surface area contributed by atoms with Crippen LogP contribution in [0.25, 0.3) is 10.8 Å². The number of aliphatic imine (C=N–C) groups is 1. The van der Waals surface area contributed by atoms with Crippen molar-refractivity contribution >= 4 is 54.4 Å². The molecular weight excluding hydrogens is 412 g/mol. The van der Waals surface area contributed by atoms with Crippen molar-refractivity contribution in [3.8, 4) is 5.75 Å². The van der Waals surface area contributed by atoms with E-state index >= 15 is 0 Å². The van der Waals surface area contributed by atoms with E-state index < -0.39 is 10.0 Å². The second-order valence-corrected chi connectivity index (χ2v) is 10.4. The quantitative estimate of drug-likeness (QED) is 0.579. The Morgan fingerprint density at radius 2 is 1.82 bits per heavy atom. The van der Waals surface area contributed by atoms with E-state index in [-0.39, 0.29) is 10.6 Å². The standard InChI is InChI=1S/C20H18N2O3S3/c1-13-6-8-14(9-7-13)28(24,25)22-17-12-18(27-20-21-10-11-26-20)19(23)16-5-3-2-4-15(16)17/h2-9,12,22-23H,10-11H2,1H3. The zero-order chi connectivity index (χ0) is 19.7. The molecule has 0 aromatic heterocycles. The van der Waals surface area contributed by atoms with Gasteiger partial charge in [-0.05, 0) is 25.1 Å². The third kappa shape index (κ3) is 3.85. The zero-order valence-electron chi connectivity index (χ0n) is 15.0. The number of hydrogen-bond acceptors (Lipinski definition) is 6. The monoisotopic (exact) mass is 430 g/mol. The van der Waals surface area contributed by atoms with Crippen molar-refractivity contribution in [3.63, 3.8) is 0 Å². The molecule has 0 spiro atoms. The number of benzene rings is 3. The Bertz CT molecular complexity index is 1170. The minimum absolute atomic E-state index is 0.133. The van der Waals surface area contributed by atoms with E-state index in [1.807, 2.05) is 19.1 Å². The smallest absolute Gasteiger partial charge is 0.261 e. The van der Waals surface area contributed by atoms with E-state index in [9.17, 15) is 13.5 Å². The van der Waals surface area contributed by atoms with Crippen LogP contribution >= 0.6 is 23.5 Å².